The van der Waals surface area contributed by atoms with Gasteiger partial charge in [-0.3, -0.25) is 0 Å². The number of hydrogen-bond donors (Lipinski definition) is 1. The minimum absolute atomic E-state index is 0.103. The molecule has 3 aromatic rings. The van der Waals surface area contributed by atoms with Crippen LogP contribution in [0.1, 0.15) is 17.0 Å². The molecule has 0 bridgehead atoms. The summed E-state index contributed by atoms with van der Waals surface area (Å²) in [6.45, 7) is 4.79. The van der Waals surface area contributed by atoms with E-state index in [1.54, 1.807) is 6.33 Å². The van der Waals surface area contributed by atoms with Gasteiger partial charge in [0.2, 0.25) is 0 Å². The van der Waals surface area contributed by atoms with E-state index in [0.29, 0.717) is 6.54 Å². The standard InChI is InChI=1S/C15H16N6O/c1-10-3-13-14(4-11(10)2)20(8-17-13)6-12(22)7-21-9-18-15(5-16)19-21/h3-4,8-9,12,22H,6-7H2,1-2H3/t12-/m0/s1. The van der Waals surface area contributed by atoms with Crippen molar-refractivity contribution in [2.45, 2.75) is 33.0 Å². The first-order valence-electron chi connectivity index (χ1n) is 6.96. The lowest BCUT2D eigenvalue weighted by Gasteiger charge is -2.12. The van der Waals surface area contributed by atoms with E-state index >= 15 is 0 Å². The summed E-state index contributed by atoms with van der Waals surface area (Å²) >= 11 is 0. The van der Waals surface area contributed by atoms with Crippen LogP contribution in [0.2, 0.25) is 0 Å². The summed E-state index contributed by atoms with van der Waals surface area (Å²) in [4.78, 5) is 8.19. The molecule has 112 valence electrons. The van der Waals surface area contributed by atoms with Gasteiger partial charge < -0.3 is 9.67 Å². The van der Waals surface area contributed by atoms with Gasteiger partial charge in [0.25, 0.3) is 5.82 Å². The van der Waals surface area contributed by atoms with Crippen LogP contribution in [0.5, 0.6) is 0 Å². The van der Waals surface area contributed by atoms with Crippen LogP contribution in [0.15, 0.2) is 24.8 Å². The highest BCUT2D eigenvalue weighted by Crippen LogP contribution is 2.18. The van der Waals surface area contributed by atoms with E-state index in [1.165, 1.54) is 22.1 Å². The Bertz CT molecular complexity index is 857. The lowest BCUT2D eigenvalue weighted by Crippen LogP contribution is -2.22. The Balaban J connectivity index is 1.78. The SMILES string of the molecule is Cc1cc2ncn(C[C@H](O)Cn3cnc(C#N)n3)c2cc1C. The molecule has 0 fully saturated rings. The average Bonchev–Trinajstić information content (AvgIpc) is 3.08. The van der Waals surface area contributed by atoms with Crippen molar-refractivity contribution in [1.29, 1.82) is 5.26 Å². The number of benzene rings is 1. The zero-order chi connectivity index (χ0) is 15.7. The van der Waals surface area contributed by atoms with Crippen molar-refractivity contribution >= 4 is 11.0 Å². The molecule has 22 heavy (non-hydrogen) atoms. The molecule has 0 saturated carbocycles. The fraction of sp³-hybridized carbons (Fsp3) is 0.333. The molecule has 1 N–H and O–H groups in total. The van der Waals surface area contributed by atoms with E-state index in [1.807, 2.05) is 16.7 Å². The number of imidazole rings is 1. The molecular formula is C15H16N6O. The Labute approximate surface area is 127 Å². The largest absolute Gasteiger partial charge is 0.389 e. The van der Waals surface area contributed by atoms with Crippen LogP contribution in [0.25, 0.3) is 11.0 Å². The van der Waals surface area contributed by atoms with Crippen LogP contribution in [0.3, 0.4) is 0 Å². The van der Waals surface area contributed by atoms with Crippen molar-refractivity contribution in [1.82, 2.24) is 24.3 Å². The maximum Gasteiger partial charge on any atom is 0.252 e. The van der Waals surface area contributed by atoms with Gasteiger partial charge in [0.1, 0.15) is 12.4 Å². The molecular weight excluding hydrogens is 280 g/mol. The van der Waals surface area contributed by atoms with Crippen molar-refractivity contribution in [3.63, 3.8) is 0 Å². The van der Waals surface area contributed by atoms with Gasteiger partial charge in [-0.1, -0.05) is 0 Å². The Morgan fingerprint density at radius 2 is 1.95 bits per heavy atom. The molecule has 0 radical (unpaired) electrons. The van der Waals surface area contributed by atoms with Crippen molar-refractivity contribution in [3.05, 3.63) is 41.7 Å². The Hall–Kier alpha value is -2.72. The number of aliphatic hydroxyl groups is 1. The molecule has 3 rings (SSSR count). The summed E-state index contributed by atoms with van der Waals surface area (Å²) in [5.74, 6) is 0.103. The molecule has 0 unspecified atom stereocenters. The lowest BCUT2D eigenvalue weighted by molar-refractivity contribution is 0.131. The van der Waals surface area contributed by atoms with Crippen molar-refractivity contribution in [2.75, 3.05) is 0 Å². The summed E-state index contributed by atoms with van der Waals surface area (Å²) in [5.41, 5.74) is 4.31. The zero-order valence-corrected chi connectivity index (χ0v) is 12.4. The summed E-state index contributed by atoms with van der Waals surface area (Å²) in [7, 11) is 0. The van der Waals surface area contributed by atoms with Gasteiger partial charge in [0.05, 0.1) is 36.6 Å². The number of hydrogen-bond acceptors (Lipinski definition) is 5. The first-order valence-corrected chi connectivity index (χ1v) is 6.96. The number of nitriles is 1. The van der Waals surface area contributed by atoms with Crippen LogP contribution >= 0.6 is 0 Å². The van der Waals surface area contributed by atoms with Gasteiger partial charge in [-0.15, -0.1) is 5.10 Å². The Kier molecular flexibility index (Phi) is 3.61. The van der Waals surface area contributed by atoms with E-state index in [0.717, 1.165) is 11.0 Å². The minimum Gasteiger partial charge on any atom is -0.389 e. The normalized spacial score (nSPS) is 12.5. The number of aryl methyl sites for hydroxylation is 2. The third-order valence-corrected chi connectivity index (χ3v) is 3.68. The molecule has 0 aliphatic rings. The van der Waals surface area contributed by atoms with Crippen molar-refractivity contribution < 1.29 is 5.11 Å². The quantitative estimate of drug-likeness (QED) is 0.780. The third-order valence-electron chi connectivity index (χ3n) is 3.68. The minimum atomic E-state index is -0.646. The van der Waals surface area contributed by atoms with E-state index in [-0.39, 0.29) is 12.4 Å². The molecule has 2 aromatic heterocycles. The van der Waals surface area contributed by atoms with Gasteiger partial charge in [-0.2, -0.15) is 5.26 Å². The fourth-order valence-electron chi connectivity index (χ4n) is 2.39. The first kappa shape index (κ1) is 14.2. The summed E-state index contributed by atoms with van der Waals surface area (Å²) in [5, 5.41) is 22.9. The summed E-state index contributed by atoms with van der Waals surface area (Å²) < 4.78 is 3.40. The van der Waals surface area contributed by atoms with Gasteiger partial charge >= 0.3 is 0 Å². The highest BCUT2D eigenvalue weighted by Gasteiger charge is 2.11. The van der Waals surface area contributed by atoms with E-state index < -0.39 is 6.10 Å². The number of aliphatic hydroxyl groups excluding tert-OH is 1. The number of nitrogens with zero attached hydrogens (tertiary/aromatic N) is 6. The van der Waals surface area contributed by atoms with Crippen LogP contribution in [-0.2, 0) is 13.1 Å². The number of rotatable bonds is 4. The summed E-state index contributed by atoms with van der Waals surface area (Å²) in [6, 6.07) is 5.98. The first-order chi connectivity index (χ1) is 10.6. The molecule has 1 aromatic carbocycles. The molecule has 0 spiro atoms. The maximum atomic E-state index is 10.2. The predicted octanol–water partition coefficient (Wildman–Crippen LogP) is 1.18. The summed E-state index contributed by atoms with van der Waals surface area (Å²) in [6.07, 6.45) is 2.53. The maximum absolute atomic E-state index is 10.2. The molecule has 0 aliphatic heterocycles. The molecule has 7 heteroatoms. The van der Waals surface area contributed by atoms with E-state index in [4.69, 9.17) is 5.26 Å². The monoisotopic (exact) mass is 296 g/mol. The average molecular weight is 296 g/mol. The molecule has 2 heterocycles. The highest BCUT2D eigenvalue weighted by molar-refractivity contribution is 5.77. The van der Waals surface area contributed by atoms with Crippen LogP contribution in [0.4, 0.5) is 0 Å². The fourth-order valence-corrected chi connectivity index (χ4v) is 2.39. The molecule has 0 saturated heterocycles. The molecule has 7 nitrogen and oxygen atoms in total. The van der Waals surface area contributed by atoms with Gasteiger partial charge in [0.15, 0.2) is 0 Å². The zero-order valence-electron chi connectivity index (χ0n) is 12.4. The van der Waals surface area contributed by atoms with Gasteiger partial charge in [-0.25, -0.2) is 14.6 Å². The van der Waals surface area contributed by atoms with E-state index in [2.05, 4.69) is 35.0 Å². The van der Waals surface area contributed by atoms with Crippen molar-refractivity contribution in [2.24, 2.45) is 0 Å². The lowest BCUT2D eigenvalue weighted by atomic mass is 10.1. The predicted molar refractivity (Wildman–Crippen MR) is 80.0 cm³/mol. The third kappa shape index (κ3) is 2.69. The smallest absolute Gasteiger partial charge is 0.252 e. The van der Waals surface area contributed by atoms with E-state index in [9.17, 15) is 5.11 Å². The second kappa shape index (κ2) is 5.58. The topological polar surface area (TPSA) is 92.5 Å². The van der Waals surface area contributed by atoms with Gasteiger partial charge in [0, 0.05) is 0 Å². The Morgan fingerprint density at radius 3 is 2.68 bits per heavy atom. The van der Waals surface area contributed by atoms with Crippen molar-refractivity contribution in [3.8, 4) is 6.07 Å². The Morgan fingerprint density at radius 1 is 1.18 bits per heavy atom. The number of fused-ring (bicyclic) bond motifs is 1. The second-order valence-electron chi connectivity index (χ2n) is 5.38. The van der Waals surface area contributed by atoms with Crippen LogP contribution < -0.4 is 0 Å². The van der Waals surface area contributed by atoms with Gasteiger partial charge in [-0.05, 0) is 37.1 Å². The van der Waals surface area contributed by atoms with Crippen LogP contribution in [0, 0.1) is 25.2 Å². The molecule has 0 aliphatic carbocycles. The number of aromatic nitrogens is 5. The highest BCUT2D eigenvalue weighted by atomic mass is 16.3. The van der Waals surface area contributed by atoms with Crippen LogP contribution in [-0.4, -0.2) is 35.5 Å². The molecule has 1 atom stereocenters. The second-order valence-corrected chi connectivity index (χ2v) is 5.38. The molecule has 0 amide bonds.